The van der Waals surface area contributed by atoms with E-state index in [-0.39, 0.29) is 0 Å². The van der Waals surface area contributed by atoms with E-state index < -0.39 is 0 Å². The van der Waals surface area contributed by atoms with Crippen molar-refractivity contribution in [1.82, 2.24) is 0 Å². The Hall–Kier alpha value is -0.120. The lowest BCUT2D eigenvalue weighted by atomic mass is 10.0. The molecule has 0 rings (SSSR count). The summed E-state index contributed by atoms with van der Waals surface area (Å²) < 4.78 is 9.22. The lowest BCUT2D eigenvalue weighted by Gasteiger charge is -2.43. The van der Waals surface area contributed by atoms with E-state index in [1.807, 2.05) is 0 Å². The van der Waals surface area contributed by atoms with Crippen molar-refractivity contribution >= 4 is 0 Å². The first-order valence-electron chi connectivity index (χ1n) is 15.8. The summed E-state index contributed by atoms with van der Waals surface area (Å²) in [5, 5.41) is 0. The smallest absolute Gasteiger partial charge is 0.155 e. The molecule has 206 valence electrons. The molecule has 3 heteroatoms. The van der Waals surface area contributed by atoms with Crippen molar-refractivity contribution in [3.05, 3.63) is 0 Å². The van der Waals surface area contributed by atoms with E-state index in [9.17, 15) is 0 Å². The average Bonchev–Trinajstić information content (AvgIpc) is 2.86. The highest BCUT2D eigenvalue weighted by Crippen LogP contribution is 2.19. The van der Waals surface area contributed by atoms with E-state index in [4.69, 9.17) is 4.74 Å². The monoisotopic (exact) mass is 485 g/mol. The standard InChI is InChI=1S/C31H68N2O/c1-9-16-17-18-19-20-21-22-23-24-25-26-27-30(8)34-31(28-32(10-2,11-3)12-4)29-33(13-5,14-6)15-7/h30-31H,9-29H2,1-8H3/q+2. The largest absolute Gasteiger partial charge is 0.363 e. The molecule has 0 spiro atoms. The van der Waals surface area contributed by atoms with Crippen molar-refractivity contribution in [2.24, 2.45) is 0 Å². The SMILES string of the molecule is CCCCCCCCCCCCCCC(C)OC(C[N+](CC)(CC)CC)C[N+](CC)(CC)CC. The molecule has 0 amide bonds. The number of nitrogens with zero attached hydrogens (tertiary/aromatic N) is 2. The molecule has 0 saturated heterocycles. The quantitative estimate of drug-likeness (QED) is 0.0930. The summed E-state index contributed by atoms with van der Waals surface area (Å²) in [7, 11) is 0. The second-order valence-electron chi connectivity index (χ2n) is 11.2. The fraction of sp³-hybridized carbons (Fsp3) is 1.00. The molecule has 0 aliphatic rings. The van der Waals surface area contributed by atoms with Gasteiger partial charge >= 0.3 is 0 Å². The minimum atomic E-state index is 0.368. The van der Waals surface area contributed by atoms with E-state index in [0.717, 1.165) is 0 Å². The highest BCUT2D eigenvalue weighted by Gasteiger charge is 2.34. The van der Waals surface area contributed by atoms with Gasteiger partial charge in [0.15, 0.2) is 6.10 Å². The normalized spacial score (nSPS) is 13.7. The Morgan fingerprint density at radius 3 is 1.12 bits per heavy atom. The summed E-state index contributed by atoms with van der Waals surface area (Å²) in [6.07, 6.45) is 19.0. The summed E-state index contributed by atoms with van der Waals surface area (Å²) in [6, 6.07) is 0. The Kier molecular flexibility index (Phi) is 20.9. The van der Waals surface area contributed by atoms with Crippen molar-refractivity contribution in [3.63, 3.8) is 0 Å². The zero-order valence-electron chi connectivity index (χ0n) is 25.3. The zero-order valence-corrected chi connectivity index (χ0v) is 25.3. The maximum atomic E-state index is 6.84. The predicted octanol–water partition coefficient (Wildman–Crippen LogP) is 8.60. The Labute approximate surface area is 217 Å². The average molecular weight is 485 g/mol. The van der Waals surface area contributed by atoms with Crippen LogP contribution in [0.15, 0.2) is 0 Å². The molecule has 0 aliphatic carbocycles. The molecule has 0 heterocycles. The van der Waals surface area contributed by atoms with Gasteiger partial charge < -0.3 is 13.7 Å². The van der Waals surface area contributed by atoms with Crippen LogP contribution in [-0.4, -0.2) is 73.5 Å². The Morgan fingerprint density at radius 1 is 0.471 bits per heavy atom. The topological polar surface area (TPSA) is 9.23 Å². The number of unbranched alkanes of at least 4 members (excludes halogenated alkanes) is 11. The first-order chi connectivity index (χ1) is 16.4. The van der Waals surface area contributed by atoms with Crippen LogP contribution in [0.3, 0.4) is 0 Å². The Bertz CT molecular complexity index is 393. The molecule has 0 bridgehead atoms. The van der Waals surface area contributed by atoms with Crippen LogP contribution in [0.25, 0.3) is 0 Å². The molecule has 0 aromatic heterocycles. The number of rotatable bonds is 25. The highest BCUT2D eigenvalue weighted by atomic mass is 16.5. The fourth-order valence-electron chi connectivity index (χ4n) is 5.79. The van der Waals surface area contributed by atoms with Gasteiger partial charge in [0.25, 0.3) is 0 Å². The summed E-state index contributed by atoms with van der Waals surface area (Å²) in [6.45, 7) is 28.4. The molecule has 0 aromatic carbocycles. The molecule has 34 heavy (non-hydrogen) atoms. The molecule has 0 N–H and O–H groups in total. The van der Waals surface area contributed by atoms with Gasteiger partial charge in [0.2, 0.25) is 0 Å². The fourth-order valence-corrected chi connectivity index (χ4v) is 5.79. The van der Waals surface area contributed by atoms with Gasteiger partial charge in [-0.15, -0.1) is 0 Å². The van der Waals surface area contributed by atoms with Gasteiger partial charge in [-0.05, 0) is 54.9 Å². The molecule has 0 saturated carbocycles. The van der Waals surface area contributed by atoms with Gasteiger partial charge in [0.05, 0.1) is 45.4 Å². The Morgan fingerprint density at radius 2 is 0.794 bits per heavy atom. The van der Waals surface area contributed by atoms with Crippen LogP contribution in [0.1, 0.15) is 139 Å². The minimum absolute atomic E-state index is 0.368. The van der Waals surface area contributed by atoms with Crippen molar-refractivity contribution in [2.45, 2.75) is 151 Å². The molecule has 0 aromatic rings. The maximum absolute atomic E-state index is 6.84. The number of hydrogen-bond donors (Lipinski definition) is 0. The first kappa shape index (κ1) is 33.9. The van der Waals surface area contributed by atoms with Crippen LogP contribution >= 0.6 is 0 Å². The maximum Gasteiger partial charge on any atom is 0.155 e. The molecule has 0 aliphatic heterocycles. The molecule has 1 atom stereocenters. The van der Waals surface area contributed by atoms with E-state index in [1.54, 1.807) is 0 Å². The van der Waals surface area contributed by atoms with Crippen LogP contribution in [-0.2, 0) is 4.74 Å². The second-order valence-corrected chi connectivity index (χ2v) is 11.2. The summed E-state index contributed by atoms with van der Waals surface area (Å²) >= 11 is 0. The number of quaternary nitrogens is 2. The third kappa shape index (κ3) is 14.4. The molecule has 0 fully saturated rings. The van der Waals surface area contributed by atoms with Crippen molar-refractivity contribution in [3.8, 4) is 0 Å². The van der Waals surface area contributed by atoms with Crippen molar-refractivity contribution < 1.29 is 13.7 Å². The van der Waals surface area contributed by atoms with Crippen molar-refractivity contribution in [2.75, 3.05) is 52.4 Å². The molecule has 3 nitrogen and oxygen atoms in total. The minimum Gasteiger partial charge on any atom is -0.363 e. The van der Waals surface area contributed by atoms with Crippen LogP contribution < -0.4 is 0 Å². The first-order valence-corrected chi connectivity index (χ1v) is 15.8. The number of hydrogen-bond acceptors (Lipinski definition) is 1. The van der Waals surface area contributed by atoms with Crippen molar-refractivity contribution in [1.29, 1.82) is 0 Å². The Balaban J connectivity index is 4.43. The molecule has 1 unspecified atom stereocenters. The summed E-state index contributed by atoms with van der Waals surface area (Å²) in [5.74, 6) is 0. The van der Waals surface area contributed by atoms with Crippen LogP contribution in [0.4, 0.5) is 0 Å². The summed E-state index contributed by atoms with van der Waals surface area (Å²) in [4.78, 5) is 0. The van der Waals surface area contributed by atoms with Crippen LogP contribution in [0.5, 0.6) is 0 Å². The number of ether oxygens (including phenoxy) is 1. The van der Waals surface area contributed by atoms with Gasteiger partial charge in [0, 0.05) is 0 Å². The van der Waals surface area contributed by atoms with Crippen LogP contribution in [0, 0.1) is 0 Å². The lowest BCUT2D eigenvalue weighted by Crippen LogP contribution is -2.59. The predicted molar refractivity (Wildman–Crippen MR) is 154 cm³/mol. The second kappa shape index (κ2) is 21.0. The van der Waals surface area contributed by atoms with Gasteiger partial charge in [-0.2, -0.15) is 0 Å². The molecular formula is C31H68N2O+2. The summed E-state index contributed by atoms with van der Waals surface area (Å²) in [5.41, 5.74) is 0. The van der Waals surface area contributed by atoms with Gasteiger partial charge in [-0.25, -0.2) is 0 Å². The van der Waals surface area contributed by atoms with Gasteiger partial charge in [0.1, 0.15) is 13.1 Å². The van der Waals surface area contributed by atoms with Gasteiger partial charge in [-0.1, -0.05) is 84.0 Å². The third-order valence-electron chi connectivity index (χ3n) is 9.10. The third-order valence-corrected chi connectivity index (χ3v) is 9.10. The van der Waals surface area contributed by atoms with E-state index in [0.29, 0.717) is 12.2 Å². The van der Waals surface area contributed by atoms with Crippen LogP contribution in [0.2, 0.25) is 0 Å². The van der Waals surface area contributed by atoms with Gasteiger partial charge in [-0.3, -0.25) is 0 Å². The van der Waals surface area contributed by atoms with E-state index in [2.05, 4.69) is 55.4 Å². The zero-order chi connectivity index (χ0) is 25.7. The van der Waals surface area contributed by atoms with E-state index in [1.165, 1.54) is 145 Å². The lowest BCUT2D eigenvalue weighted by molar-refractivity contribution is -0.946. The molecule has 0 radical (unpaired) electrons. The van der Waals surface area contributed by atoms with E-state index >= 15 is 0 Å². The molecular weight excluding hydrogens is 416 g/mol. The number of likely N-dealkylation sites (N-methyl/N-ethyl adjacent to an activating group) is 2. The highest BCUT2D eigenvalue weighted by molar-refractivity contribution is 4.63.